The Morgan fingerprint density at radius 1 is 1.80 bits per heavy atom. The van der Waals surface area contributed by atoms with Crippen LogP contribution in [-0.4, -0.2) is 11.7 Å². The van der Waals surface area contributed by atoms with E-state index in [0.29, 0.717) is 0 Å². The summed E-state index contributed by atoms with van der Waals surface area (Å²) in [5, 5.41) is 7.57. The Balaban J connectivity index is 0. The average molecular weight is 257 g/mol. The Labute approximate surface area is 42.4 Å². The van der Waals surface area contributed by atoms with Crippen LogP contribution in [0.4, 0.5) is 0 Å². The van der Waals surface area contributed by atoms with Crippen LogP contribution >= 0.6 is 0 Å². The first kappa shape index (κ1) is 9.07. The van der Waals surface area contributed by atoms with E-state index in [2.05, 4.69) is 0 Å². The van der Waals surface area contributed by atoms with E-state index in [1.165, 1.54) is 0 Å². The Hall–Kier alpha value is 0.448. The summed E-state index contributed by atoms with van der Waals surface area (Å²) >= 11 is 0.889. The zero-order chi connectivity index (χ0) is 4.71. The standard InChI is InChI=1S/C2H6O.O.Pt/c1-2-3;;/h3H,2H2,1H3;;. The summed E-state index contributed by atoms with van der Waals surface area (Å²) in [4.78, 5) is 0. The summed E-state index contributed by atoms with van der Waals surface area (Å²) in [5.74, 6) is 0. The van der Waals surface area contributed by atoms with Crippen molar-refractivity contribution < 1.29 is 28.3 Å². The van der Waals surface area contributed by atoms with Crippen molar-refractivity contribution in [3.05, 3.63) is 0 Å². The van der Waals surface area contributed by atoms with Crippen LogP contribution in [0.2, 0.25) is 0 Å². The van der Waals surface area contributed by atoms with Crippen LogP contribution in [-0.2, 0) is 23.2 Å². The molecule has 3 heteroatoms. The quantitative estimate of drug-likeness (QED) is 0.656. The molecule has 0 amide bonds. The molecule has 0 heterocycles. The maximum absolute atomic E-state index is 8.22. The molecule has 0 aromatic rings. The van der Waals surface area contributed by atoms with Crippen molar-refractivity contribution in [2.75, 3.05) is 6.61 Å². The van der Waals surface area contributed by atoms with Crippen molar-refractivity contribution in [1.29, 1.82) is 0 Å². The van der Waals surface area contributed by atoms with Crippen molar-refractivity contribution in [1.82, 2.24) is 0 Å². The normalized spacial score (nSPS) is 4.80. The van der Waals surface area contributed by atoms with Crippen molar-refractivity contribution in [2.24, 2.45) is 0 Å². The van der Waals surface area contributed by atoms with E-state index >= 15 is 0 Å². The first-order chi connectivity index (χ1) is 2.41. The van der Waals surface area contributed by atoms with Crippen molar-refractivity contribution in [3.63, 3.8) is 0 Å². The van der Waals surface area contributed by atoms with Gasteiger partial charge in [0.2, 0.25) is 0 Å². The van der Waals surface area contributed by atoms with Gasteiger partial charge in [0, 0.05) is 6.61 Å². The topological polar surface area (TPSA) is 37.3 Å². The first-order valence-electron chi connectivity index (χ1n) is 1.15. The van der Waals surface area contributed by atoms with Gasteiger partial charge in [0.25, 0.3) is 0 Å². The van der Waals surface area contributed by atoms with Crippen LogP contribution in [0, 0.1) is 0 Å². The van der Waals surface area contributed by atoms with Gasteiger partial charge in [-0.2, -0.15) is 0 Å². The maximum atomic E-state index is 8.22. The molecule has 0 aliphatic heterocycles. The Morgan fingerprint density at radius 2 is 1.80 bits per heavy atom. The van der Waals surface area contributed by atoms with Gasteiger partial charge in [-0.1, -0.05) is 0 Å². The SMILES string of the molecule is CCO.[O]=[Pt]. The summed E-state index contributed by atoms with van der Waals surface area (Å²) < 4.78 is 8.22. The van der Waals surface area contributed by atoms with E-state index in [1.807, 2.05) is 0 Å². The second-order valence-electron chi connectivity index (χ2n) is 0.316. The van der Waals surface area contributed by atoms with Crippen LogP contribution in [0.1, 0.15) is 6.92 Å². The van der Waals surface area contributed by atoms with Gasteiger partial charge in [-0.3, -0.25) is 0 Å². The molecule has 36 valence electrons. The molecule has 0 rings (SSSR count). The average Bonchev–Trinajstić information content (AvgIpc) is 1.46. The predicted octanol–water partition coefficient (Wildman–Crippen LogP) is -0.123. The monoisotopic (exact) mass is 257 g/mol. The second kappa shape index (κ2) is 25.2. The number of aliphatic hydroxyl groups is 1. The molecule has 0 spiro atoms. The zero-order valence-electron chi connectivity index (χ0n) is 2.88. The molecule has 0 bridgehead atoms. The molecule has 0 saturated carbocycles. The second-order valence-corrected chi connectivity index (χ2v) is 0.316. The van der Waals surface area contributed by atoms with Gasteiger partial charge in [-0.05, 0) is 6.92 Å². The fraction of sp³-hybridized carbons (Fsp3) is 1.00. The van der Waals surface area contributed by atoms with E-state index in [0.717, 1.165) is 19.8 Å². The molecule has 0 aromatic carbocycles. The van der Waals surface area contributed by atoms with Gasteiger partial charge in [0.1, 0.15) is 0 Å². The summed E-state index contributed by atoms with van der Waals surface area (Å²) in [6, 6.07) is 0. The fourth-order valence-corrected chi connectivity index (χ4v) is 0. The van der Waals surface area contributed by atoms with Crippen molar-refractivity contribution in [2.45, 2.75) is 6.92 Å². The van der Waals surface area contributed by atoms with Gasteiger partial charge in [0.15, 0.2) is 0 Å². The molecule has 0 fully saturated rings. The van der Waals surface area contributed by atoms with Crippen LogP contribution in [0.3, 0.4) is 0 Å². The third-order valence-corrected chi connectivity index (χ3v) is 0. The zero-order valence-corrected chi connectivity index (χ0v) is 5.15. The van der Waals surface area contributed by atoms with Crippen molar-refractivity contribution >= 4 is 0 Å². The van der Waals surface area contributed by atoms with Crippen molar-refractivity contribution in [3.8, 4) is 0 Å². The van der Waals surface area contributed by atoms with Gasteiger partial charge in [0.05, 0.1) is 0 Å². The first-order valence-corrected chi connectivity index (χ1v) is 2.08. The van der Waals surface area contributed by atoms with Crippen LogP contribution in [0.15, 0.2) is 0 Å². The molecular weight excluding hydrogens is 251 g/mol. The molecule has 0 aliphatic carbocycles. The molecule has 0 unspecified atom stereocenters. The van der Waals surface area contributed by atoms with Crippen LogP contribution in [0.25, 0.3) is 0 Å². The molecule has 5 heavy (non-hydrogen) atoms. The van der Waals surface area contributed by atoms with Gasteiger partial charge in [-0.25, -0.2) is 0 Å². The number of rotatable bonds is 0. The molecule has 0 radical (unpaired) electrons. The van der Waals surface area contributed by atoms with E-state index in [4.69, 9.17) is 8.50 Å². The predicted molar refractivity (Wildman–Crippen MR) is 13.4 cm³/mol. The van der Waals surface area contributed by atoms with Crippen LogP contribution < -0.4 is 0 Å². The Bertz CT molecular complexity index is 11.6. The number of hydrogen-bond donors (Lipinski definition) is 1. The minimum absolute atomic E-state index is 0.250. The van der Waals surface area contributed by atoms with E-state index < -0.39 is 0 Å². The van der Waals surface area contributed by atoms with E-state index in [-0.39, 0.29) is 6.61 Å². The number of aliphatic hydroxyl groups excluding tert-OH is 1. The summed E-state index contributed by atoms with van der Waals surface area (Å²) in [6.45, 7) is 1.93. The van der Waals surface area contributed by atoms with Gasteiger partial charge < -0.3 is 5.11 Å². The Morgan fingerprint density at radius 3 is 1.80 bits per heavy atom. The third kappa shape index (κ3) is 133. The fourth-order valence-electron chi connectivity index (χ4n) is 0. The van der Waals surface area contributed by atoms with Gasteiger partial charge in [-0.15, -0.1) is 0 Å². The summed E-state index contributed by atoms with van der Waals surface area (Å²) in [7, 11) is 0. The molecule has 2 nitrogen and oxygen atoms in total. The molecule has 0 aliphatic rings. The summed E-state index contributed by atoms with van der Waals surface area (Å²) in [6.07, 6.45) is 0. The minimum atomic E-state index is 0.250. The third-order valence-electron chi connectivity index (χ3n) is 0. The molecule has 0 atom stereocenters. The molecule has 0 saturated heterocycles. The molecular formula is C2H6O2Pt. The molecule has 0 aromatic heterocycles. The van der Waals surface area contributed by atoms with E-state index in [9.17, 15) is 0 Å². The molecule has 1 N–H and O–H groups in total. The van der Waals surface area contributed by atoms with E-state index in [1.54, 1.807) is 6.92 Å². The van der Waals surface area contributed by atoms with Gasteiger partial charge >= 0.3 is 23.2 Å². The van der Waals surface area contributed by atoms with Crippen LogP contribution in [0.5, 0.6) is 0 Å². The number of hydrogen-bond acceptors (Lipinski definition) is 2. The summed E-state index contributed by atoms with van der Waals surface area (Å²) in [5.41, 5.74) is 0. The Kier molecular flexibility index (Phi) is 45.7.